The number of nitrogens with two attached hydrogens (primary N) is 1. The number of carbonyl (C=O) groups excluding carboxylic acids is 3. The second-order valence-electron chi connectivity index (χ2n) is 8.23. The SMILES string of the molecule is CC(C)CC(NC(=O)C(CO)NC(=O)C(CC(=O)O)NC(=O)C(N)Cc1ccccc1)C(=O)O. The Kier molecular flexibility index (Phi) is 11.7. The van der Waals surface area contributed by atoms with Crippen LogP contribution < -0.4 is 21.7 Å². The summed E-state index contributed by atoms with van der Waals surface area (Å²) in [4.78, 5) is 60.1. The molecule has 0 aliphatic rings. The number of carbonyl (C=O) groups is 5. The van der Waals surface area contributed by atoms with Crippen molar-refractivity contribution in [3.05, 3.63) is 35.9 Å². The largest absolute Gasteiger partial charge is 0.481 e. The van der Waals surface area contributed by atoms with E-state index >= 15 is 0 Å². The summed E-state index contributed by atoms with van der Waals surface area (Å²) in [7, 11) is 0. The van der Waals surface area contributed by atoms with Gasteiger partial charge < -0.3 is 37.0 Å². The number of aliphatic hydroxyl groups excluding tert-OH is 1. The van der Waals surface area contributed by atoms with Gasteiger partial charge in [0.15, 0.2) is 0 Å². The lowest BCUT2D eigenvalue weighted by Gasteiger charge is -2.24. The third-order valence-electron chi connectivity index (χ3n) is 4.78. The van der Waals surface area contributed by atoms with E-state index in [1.54, 1.807) is 44.2 Å². The average molecular weight is 481 g/mol. The van der Waals surface area contributed by atoms with Crippen molar-refractivity contribution in [2.75, 3.05) is 6.61 Å². The zero-order valence-electron chi connectivity index (χ0n) is 19.1. The number of hydrogen-bond donors (Lipinski definition) is 7. The molecule has 0 saturated carbocycles. The first kappa shape index (κ1) is 28.5. The van der Waals surface area contributed by atoms with Crippen LogP contribution in [0.2, 0.25) is 0 Å². The lowest BCUT2D eigenvalue weighted by Crippen LogP contribution is -2.58. The van der Waals surface area contributed by atoms with Gasteiger partial charge in [-0.05, 0) is 24.3 Å². The first-order valence-corrected chi connectivity index (χ1v) is 10.7. The number of rotatable bonds is 14. The normalized spacial score (nSPS) is 14.4. The quantitative estimate of drug-likeness (QED) is 0.167. The number of nitrogens with one attached hydrogen (secondary N) is 3. The Bertz CT molecular complexity index is 862. The van der Waals surface area contributed by atoms with Gasteiger partial charge in [-0.3, -0.25) is 19.2 Å². The Morgan fingerprint density at radius 2 is 1.38 bits per heavy atom. The molecule has 12 heteroatoms. The zero-order chi connectivity index (χ0) is 25.8. The highest BCUT2D eigenvalue weighted by atomic mass is 16.4. The molecule has 1 rings (SSSR count). The van der Waals surface area contributed by atoms with E-state index in [-0.39, 0.29) is 18.8 Å². The van der Waals surface area contributed by atoms with Gasteiger partial charge in [0.25, 0.3) is 0 Å². The van der Waals surface area contributed by atoms with E-state index < -0.39 is 66.9 Å². The molecule has 4 unspecified atom stereocenters. The summed E-state index contributed by atoms with van der Waals surface area (Å²) < 4.78 is 0. The molecule has 0 aliphatic heterocycles. The van der Waals surface area contributed by atoms with Crippen LogP contribution in [-0.2, 0) is 30.4 Å². The Morgan fingerprint density at radius 3 is 1.88 bits per heavy atom. The van der Waals surface area contributed by atoms with Gasteiger partial charge in [0.1, 0.15) is 18.1 Å². The molecule has 0 fully saturated rings. The molecule has 34 heavy (non-hydrogen) atoms. The summed E-state index contributed by atoms with van der Waals surface area (Å²) in [6.45, 7) is 2.64. The van der Waals surface area contributed by atoms with E-state index in [0.29, 0.717) is 0 Å². The molecule has 12 nitrogen and oxygen atoms in total. The lowest BCUT2D eigenvalue weighted by atomic mass is 10.0. The van der Waals surface area contributed by atoms with Crippen LogP contribution in [0.15, 0.2) is 30.3 Å². The van der Waals surface area contributed by atoms with E-state index in [4.69, 9.17) is 10.8 Å². The van der Waals surface area contributed by atoms with Crippen LogP contribution in [0, 0.1) is 5.92 Å². The van der Waals surface area contributed by atoms with Gasteiger partial charge in [0, 0.05) is 0 Å². The predicted octanol–water partition coefficient (Wildman–Crippen LogP) is -1.39. The van der Waals surface area contributed by atoms with Gasteiger partial charge in [0.05, 0.1) is 19.1 Å². The van der Waals surface area contributed by atoms with Crippen LogP contribution in [0.1, 0.15) is 32.3 Å². The number of carboxylic acids is 2. The molecule has 4 atom stereocenters. The highest BCUT2D eigenvalue weighted by molar-refractivity contribution is 5.95. The summed E-state index contributed by atoms with van der Waals surface area (Å²) >= 11 is 0. The molecule has 1 aromatic carbocycles. The summed E-state index contributed by atoms with van der Waals surface area (Å²) in [6, 6.07) is 3.35. The zero-order valence-corrected chi connectivity index (χ0v) is 19.1. The molecular formula is C22H32N4O8. The molecule has 0 saturated heterocycles. The molecular weight excluding hydrogens is 448 g/mol. The van der Waals surface area contributed by atoms with Crippen LogP contribution in [0.5, 0.6) is 0 Å². The Hall–Kier alpha value is -3.51. The van der Waals surface area contributed by atoms with Gasteiger partial charge >= 0.3 is 11.9 Å². The summed E-state index contributed by atoms with van der Waals surface area (Å²) in [5, 5.41) is 34.6. The summed E-state index contributed by atoms with van der Waals surface area (Å²) in [6.07, 6.45) is -0.549. The predicted molar refractivity (Wildman–Crippen MR) is 120 cm³/mol. The number of benzene rings is 1. The minimum Gasteiger partial charge on any atom is -0.481 e. The van der Waals surface area contributed by atoms with Crippen molar-refractivity contribution in [2.45, 2.75) is 57.3 Å². The fourth-order valence-corrected chi connectivity index (χ4v) is 3.05. The third kappa shape index (κ3) is 9.96. The maximum Gasteiger partial charge on any atom is 0.326 e. The first-order chi connectivity index (χ1) is 15.9. The van der Waals surface area contributed by atoms with E-state index in [2.05, 4.69) is 16.0 Å². The summed E-state index contributed by atoms with van der Waals surface area (Å²) in [5.41, 5.74) is 6.64. The van der Waals surface area contributed by atoms with Crippen molar-refractivity contribution < 1.29 is 39.3 Å². The second-order valence-corrected chi connectivity index (χ2v) is 8.23. The molecule has 188 valence electrons. The van der Waals surface area contributed by atoms with E-state index in [0.717, 1.165) is 5.56 Å². The van der Waals surface area contributed by atoms with Crippen LogP contribution in [0.4, 0.5) is 0 Å². The van der Waals surface area contributed by atoms with Gasteiger partial charge in [0.2, 0.25) is 17.7 Å². The fraction of sp³-hybridized carbons (Fsp3) is 0.500. The minimum atomic E-state index is -1.58. The average Bonchev–Trinajstić information content (AvgIpc) is 2.76. The van der Waals surface area contributed by atoms with Crippen LogP contribution in [0.3, 0.4) is 0 Å². The Balaban J connectivity index is 2.85. The second kappa shape index (κ2) is 13.9. The molecule has 0 bridgehead atoms. The van der Waals surface area contributed by atoms with Gasteiger partial charge in [-0.1, -0.05) is 44.2 Å². The standard InChI is InChI=1S/C22H32N4O8/c1-12(2)8-16(22(33)34)25-21(32)17(11-27)26-20(31)15(10-18(28)29)24-19(30)14(23)9-13-6-4-3-5-7-13/h3-7,12,14-17,27H,8-11,23H2,1-2H3,(H,24,30)(H,25,32)(H,26,31)(H,28,29)(H,33,34). The highest BCUT2D eigenvalue weighted by Gasteiger charge is 2.31. The van der Waals surface area contributed by atoms with Crippen molar-refractivity contribution in [2.24, 2.45) is 11.7 Å². The maximum atomic E-state index is 12.6. The molecule has 3 amide bonds. The van der Waals surface area contributed by atoms with Crippen molar-refractivity contribution in [3.63, 3.8) is 0 Å². The van der Waals surface area contributed by atoms with E-state index in [1.165, 1.54) is 0 Å². The first-order valence-electron chi connectivity index (χ1n) is 10.7. The number of carboxylic acid groups (broad SMARTS) is 2. The lowest BCUT2D eigenvalue weighted by molar-refractivity contribution is -0.143. The van der Waals surface area contributed by atoms with Gasteiger partial charge in [-0.2, -0.15) is 0 Å². The van der Waals surface area contributed by atoms with Crippen LogP contribution in [-0.4, -0.2) is 75.8 Å². The topological polar surface area (TPSA) is 208 Å². The molecule has 0 radical (unpaired) electrons. The highest BCUT2D eigenvalue weighted by Crippen LogP contribution is 2.06. The van der Waals surface area contributed by atoms with Crippen LogP contribution in [0.25, 0.3) is 0 Å². The molecule has 1 aromatic rings. The molecule has 0 heterocycles. The van der Waals surface area contributed by atoms with Crippen molar-refractivity contribution in [1.29, 1.82) is 0 Å². The maximum absolute atomic E-state index is 12.6. The minimum absolute atomic E-state index is 0.0566. The Labute approximate surface area is 196 Å². The molecule has 0 aliphatic carbocycles. The van der Waals surface area contributed by atoms with Gasteiger partial charge in [-0.15, -0.1) is 0 Å². The number of hydrogen-bond acceptors (Lipinski definition) is 7. The molecule has 0 spiro atoms. The summed E-state index contributed by atoms with van der Waals surface area (Å²) in [5.74, 6) is -5.53. The van der Waals surface area contributed by atoms with E-state index in [9.17, 15) is 34.2 Å². The number of aliphatic hydroxyl groups is 1. The van der Waals surface area contributed by atoms with Crippen molar-refractivity contribution in [1.82, 2.24) is 16.0 Å². The monoisotopic (exact) mass is 480 g/mol. The Morgan fingerprint density at radius 1 is 0.853 bits per heavy atom. The third-order valence-corrected chi connectivity index (χ3v) is 4.78. The van der Waals surface area contributed by atoms with Crippen LogP contribution >= 0.6 is 0 Å². The fourth-order valence-electron chi connectivity index (χ4n) is 3.05. The van der Waals surface area contributed by atoms with Gasteiger partial charge in [-0.25, -0.2) is 4.79 Å². The van der Waals surface area contributed by atoms with Crippen molar-refractivity contribution in [3.8, 4) is 0 Å². The molecule has 8 N–H and O–H groups in total. The van der Waals surface area contributed by atoms with Crippen molar-refractivity contribution >= 4 is 29.7 Å². The number of aliphatic carboxylic acids is 2. The smallest absolute Gasteiger partial charge is 0.326 e. The molecule has 0 aromatic heterocycles. The van der Waals surface area contributed by atoms with E-state index in [1.807, 2.05) is 0 Å². The number of amides is 3.